The smallest absolute Gasteiger partial charge is 0.269 e. The van der Waals surface area contributed by atoms with E-state index in [9.17, 15) is 38.8 Å². The van der Waals surface area contributed by atoms with E-state index >= 15 is 0 Å². The second kappa shape index (κ2) is 10.8. The van der Waals surface area contributed by atoms with Crippen molar-refractivity contribution in [3.63, 3.8) is 0 Å². The molecule has 4 aromatic rings. The van der Waals surface area contributed by atoms with Crippen LogP contribution < -0.4 is 9.80 Å². The Hall–Kier alpha value is -5.42. The van der Waals surface area contributed by atoms with E-state index in [1.165, 1.54) is 36.4 Å². The second-order valence-electron chi connectivity index (χ2n) is 13.3. The van der Waals surface area contributed by atoms with Crippen molar-refractivity contribution in [3.05, 3.63) is 117 Å². The Kier molecular flexibility index (Phi) is 6.80. The van der Waals surface area contributed by atoms with Crippen molar-refractivity contribution in [3.8, 4) is 5.75 Å². The lowest BCUT2D eigenvalue weighted by atomic mass is 9.51. The number of phenols is 1. The van der Waals surface area contributed by atoms with Crippen LogP contribution in [0.1, 0.15) is 31.2 Å². The van der Waals surface area contributed by atoms with Crippen LogP contribution in [-0.2, 0) is 19.2 Å². The van der Waals surface area contributed by atoms with Gasteiger partial charge in [0.05, 0.1) is 44.5 Å². The molecule has 49 heavy (non-hydrogen) atoms. The fourth-order valence-corrected chi connectivity index (χ4v) is 8.93. The maximum absolute atomic E-state index is 14.7. The van der Waals surface area contributed by atoms with Crippen molar-refractivity contribution in [1.82, 2.24) is 0 Å². The van der Waals surface area contributed by atoms with E-state index in [2.05, 4.69) is 0 Å². The first kappa shape index (κ1) is 30.9. The van der Waals surface area contributed by atoms with Gasteiger partial charge in [0.2, 0.25) is 23.6 Å². The quantitative estimate of drug-likeness (QED) is 0.110. The number of fused-ring (bicyclic) bond motifs is 5. The highest BCUT2D eigenvalue weighted by Crippen LogP contribution is 2.65. The normalized spacial score (nSPS) is 27.7. The van der Waals surface area contributed by atoms with Crippen LogP contribution in [0, 0.1) is 45.0 Å². The zero-order chi connectivity index (χ0) is 34.5. The van der Waals surface area contributed by atoms with Crippen LogP contribution in [0.4, 0.5) is 21.5 Å². The van der Waals surface area contributed by atoms with Gasteiger partial charge in [-0.05, 0) is 72.9 Å². The summed E-state index contributed by atoms with van der Waals surface area (Å²) in [6.07, 6.45) is 2.11. The number of amides is 4. The fourth-order valence-electron chi connectivity index (χ4n) is 8.76. The molecule has 1 saturated carbocycles. The fraction of sp³-hybridized carbons (Fsp3) is 0.243. The minimum Gasteiger partial charge on any atom is -0.508 e. The van der Waals surface area contributed by atoms with Gasteiger partial charge >= 0.3 is 0 Å². The molecule has 8 rings (SSSR count). The highest BCUT2D eigenvalue weighted by molar-refractivity contribution is 6.32. The number of rotatable bonds is 4. The van der Waals surface area contributed by atoms with Gasteiger partial charge in [-0.1, -0.05) is 53.6 Å². The molecule has 10 nitrogen and oxygen atoms in total. The lowest BCUT2D eigenvalue weighted by molar-refractivity contribution is -0.384. The van der Waals surface area contributed by atoms with Crippen LogP contribution in [-0.4, -0.2) is 33.7 Å². The summed E-state index contributed by atoms with van der Waals surface area (Å²) in [5.74, 6) is -7.01. The van der Waals surface area contributed by atoms with Crippen LogP contribution >= 0.6 is 11.6 Å². The highest BCUT2D eigenvalue weighted by atomic mass is 35.5. The Morgan fingerprint density at radius 2 is 1.61 bits per heavy atom. The number of benzene rings is 4. The molecule has 1 N–H and O–H groups in total. The minimum atomic E-state index is -1.45. The van der Waals surface area contributed by atoms with Crippen LogP contribution in [0.2, 0.25) is 5.02 Å². The number of anilines is 2. The van der Waals surface area contributed by atoms with Crippen molar-refractivity contribution >= 4 is 63.1 Å². The van der Waals surface area contributed by atoms with E-state index in [-0.39, 0.29) is 40.7 Å². The van der Waals surface area contributed by atoms with Crippen LogP contribution in [0.25, 0.3) is 10.8 Å². The molecule has 3 fully saturated rings. The molecule has 0 bridgehead atoms. The van der Waals surface area contributed by atoms with Crippen LogP contribution in [0.3, 0.4) is 0 Å². The standard InChI is InChI=1S/C37H27ClFN3O7/c1-37-26(34(45)41(36(37)47)21-11-14-28(39)27(38)16-21)17-25-23(32(37)31-22-5-3-2-4-18(22)6-15-29(31)43)12-13-24-30(25)35(46)40(33(24)44)19-7-9-20(10-8-19)42(48)49/h2-12,14-16,24-26,30,32,43H,13,17H2,1H3/t24-,25+,26-,30-,32+,37+/m0/s1. The SMILES string of the molecule is C[C@@]12C(=O)N(c3ccc(F)c(Cl)c3)C(=O)[C@@H]1C[C@@H]1C(=CC[C@@H]3C(=O)N(c4ccc([N+](=O)[O-])cc4)C(=O)[C@@H]31)[C@@H]2c1c(O)ccc2ccccc12. The second-order valence-corrected chi connectivity index (χ2v) is 13.7. The number of imide groups is 2. The number of phenolic OH excluding ortho intramolecular Hbond substituents is 1. The summed E-state index contributed by atoms with van der Waals surface area (Å²) in [6, 6.07) is 19.5. The van der Waals surface area contributed by atoms with Crippen molar-refractivity contribution in [1.29, 1.82) is 0 Å². The molecular weight excluding hydrogens is 653 g/mol. The molecule has 2 aliphatic heterocycles. The summed E-state index contributed by atoms with van der Waals surface area (Å²) in [5, 5.41) is 24.0. The number of nitro benzene ring substituents is 1. The Morgan fingerprint density at radius 1 is 0.898 bits per heavy atom. The van der Waals surface area contributed by atoms with Gasteiger partial charge < -0.3 is 5.11 Å². The molecule has 246 valence electrons. The van der Waals surface area contributed by atoms with E-state index in [1.54, 1.807) is 19.1 Å². The maximum atomic E-state index is 14.7. The van der Waals surface area contributed by atoms with E-state index in [0.29, 0.717) is 16.5 Å². The molecule has 6 atom stereocenters. The topological polar surface area (TPSA) is 138 Å². The molecule has 0 radical (unpaired) electrons. The largest absolute Gasteiger partial charge is 0.508 e. The predicted octanol–water partition coefficient (Wildman–Crippen LogP) is 6.68. The summed E-state index contributed by atoms with van der Waals surface area (Å²) < 4.78 is 14.2. The van der Waals surface area contributed by atoms with E-state index in [1.807, 2.05) is 30.3 Å². The summed E-state index contributed by atoms with van der Waals surface area (Å²) in [5.41, 5.74) is -0.220. The lowest BCUT2D eigenvalue weighted by Crippen LogP contribution is -2.49. The Morgan fingerprint density at radius 3 is 2.33 bits per heavy atom. The van der Waals surface area contributed by atoms with E-state index in [0.717, 1.165) is 21.3 Å². The number of aromatic hydroxyl groups is 1. The molecule has 12 heteroatoms. The summed E-state index contributed by atoms with van der Waals surface area (Å²) >= 11 is 6.09. The molecule has 4 amide bonds. The molecule has 0 aromatic heterocycles. The molecule has 0 unspecified atom stereocenters. The van der Waals surface area contributed by atoms with E-state index < -0.39 is 69.4 Å². The van der Waals surface area contributed by atoms with Gasteiger partial charge in [0, 0.05) is 23.6 Å². The number of carbonyl (C=O) groups excluding carboxylic acids is 4. The third-order valence-corrected chi connectivity index (χ3v) is 11.3. The number of nitrogens with zero attached hydrogens (tertiary/aromatic N) is 3. The average molecular weight is 680 g/mol. The average Bonchev–Trinajstić information content (AvgIpc) is 3.46. The Balaban J connectivity index is 1.30. The Labute approximate surface area is 283 Å². The number of non-ortho nitro benzene ring substituents is 1. The molecule has 4 aliphatic rings. The third-order valence-electron chi connectivity index (χ3n) is 11.0. The zero-order valence-corrected chi connectivity index (χ0v) is 26.6. The summed E-state index contributed by atoms with van der Waals surface area (Å²) in [4.78, 5) is 70.1. The van der Waals surface area contributed by atoms with Crippen molar-refractivity contribution in [2.75, 3.05) is 9.80 Å². The van der Waals surface area contributed by atoms with Gasteiger partial charge in [-0.2, -0.15) is 0 Å². The monoisotopic (exact) mass is 679 g/mol. The lowest BCUT2D eigenvalue weighted by Gasteiger charge is -2.49. The maximum Gasteiger partial charge on any atom is 0.269 e. The number of allylic oxidation sites excluding steroid dienone is 2. The van der Waals surface area contributed by atoms with Crippen molar-refractivity contribution < 1.29 is 33.6 Å². The number of hydrogen-bond donors (Lipinski definition) is 1. The van der Waals surface area contributed by atoms with Gasteiger partial charge in [0.1, 0.15) is 11.6 Å². The predicted molar refractivity (Wildman–Crippen MR) is 177 cm³/mol. The number of carbonyl (C=O) groups is 4. The molecule has 4 aromatic carbocycles. The number of hydrogen-bond acceptors (Lipinski definition) is 7. The minimum absolute atomic E-state index is 0.0641. The van der Waals surface area contributed by atoms with Crippen molar-refractivity contribution in [2.24, 2.45) is 29.1 Å². The van der Waals surface area contributed by atoms with E-state index in [4.69, 9.17) is 11.6 Å². The first-order valence-electron chi connectivity index (χ1n) is 15.8. The van der Waals surface area contributed by atoms with Crippen LogP contribution in [0.5, 0.6) is 5.75 Å². The van der Waals surface area contributed by atoms with Crippen LogP contribution in [0.15, 0.2) is 90.5 Å². The molecule has 2 aliphatic carbocycles. The zero-order valence-electron chi connectivity index (χ0n) is 25.9. The van der Waals surface area contributed by atoms with Gasteiger partial charge in [-0.25, -0.2) is 9.29 Å². The molecular formula is C37H27ClFN3O7. The highest BCUT2D eigenvalue weighted by Gasteiger charge is 2.68. The number of nitro groups is 1. The third kappa shape index (κ3) is 4.24. The Bertz CT molecular complexity index is 2200. The first-order valence-corrected chi connectivity index (χ1v) is 16.2. The van der Waals surface area contributed by atoms with Gasteiger partial charge in [0.15, 0.2) is 0 Å². The first-order chi connectivity index (χ1) is 23.4. The number of halogens is 2. The molecule has 2 saturated heterocycles. The van der Waals surface area contributed by atoms with Gasteiger partial charge in [-0.3, -0.25) is 34.2 Å². The summed E-state index contributed by atoms with van der Waals surface area (Å²) in [7, 11) is 0. The summed E-state index contributed by atoms with van der Waals surface area (Å²) in [6.45, 7) is 1.70. The van der Waals surface area contributed by atoms with Gasteiger partial charge in [-0.15, -0.1) is 0 Å². The van der Waals surface area contributed by atoms with Gasteiger partial charge in [0.25, 0.3) is 5.69 Å². The van der Waals surface area contributed by atoms with Crippen molar-refractivity contribution in [2.45, 2.75) is 25.7 Å². The molecule has 0 spiro atoms. The molecule has 2 heterocycles.